The zero-order valence-corrected chi connectivity index (χ0v) is 7.28. The second-order valence-corrected chi connectivity index (χ2v) is 2.38. The van der Waals surface area contributed by atoms with Crippen LogP contribution in [0.4, 0.5) is 0 Å². The highest BCUT2D eigenvalue weighted by molar-refractivity contribution is 5.87. The van der Waals surface area contributed by atoms with E-state index in [9.17, 15) is 9.59 Å². The van der Waals surface area contributed by atoms with Gasteiger partial charge in [0, 0.05) is 0 Å². The van der Waals surface area contributed by atoms with Crippen LogP contribution in [0, 0.1) is 0 Å². The number of allylic oxidation sites excluding steroid dienone is 6. The van der Waals surface area contributed by atoms with E-state index in [0.29, 0.717) is 6.29 Å². The lowest BCUT2D eigenvalue weighted by molar-refractivity contribution is -0.112. The summed E-state index contributed by atoms with van der Waals surface area (Å²) in [6.07, 6.45) is 8.70. The Morgan fingerprint density at radius 3 is 2.25 bits per heavy atom. The lowest BCUT2D eigenvalue weighted by atomic mass is 10.2. The van der Waals surface area contributed by atoms with Gasteiger partial charge in [0.2, 0.25) is 0 Å². The zero-order valence-electron chi connectivity index (χ0n) is 7.28. The second-order valence-electron chi connectivity index (χ2n) is 2.38. The maximum atomic E-state index is 10.4. The van der Waals surface area contributed by atoms with Gasteiger partial charge in [-0.25, -0.2) is 0 Å². The summed E-state index contributed by atoms with van der Waals surface area (Å²) in [7, 11) is 0. The van der Waals surface area contributed by atoms with Crippen LogP contribution in [0.2, 0.25) is 0 Å². The molecule has 0 atom stereocenters. The van der Waals surface area contributed by atoms with Crippen LogP contribution in [-0.4, -0.2) is 12.1 Å². The first-order chi connectivity index (χ1) is 5.66. The summed E-state index contributed by atoms with van der Waals surface area (Å²) in [5.41, 5.74) is 0.930. The lowest BCUT2D eigenvalue weighted by Crippen LogP contribution is -1.78. The molecule has 12 heavy (non-hydrogen) atoms. The summed E-state index contributed by atoms with van der Waals surface area (Å²) >= 11 is 0. The number of carbonyl (C=O) groups excluding carboxylic acids is 2. The van der Waals surface area contributed by atoms with Gasteiger partial charge in [-0.1, -0.05) is 23.8 Å². The molecule has 0 unspecified atom stereocenters. The van der Waals surface area contributed by atoms with E-state index in [1.807, 2.05) is 6.92 Å². The fraction of sp³-hybridized carbons (Fsp3) is 0.200. The Balaban J connectivity index is 4.08. The van der Waals surface area contributed by atoms with Crippen LogP contribution in [0.5, 0.6) is 0 Å². The Morgan fingerprint density at radius 1 is 1.08 bits per heavy atom. The monoisotopic (exact) mass is 164 g/mol. The summed E-state index contributed by atoms with van der Waals surface area (Å²) in [6, 6.07) is 0. The van der Waals surface area contributed by atoms with Gasteiger partial charge in [-0.15, -0.1) is 0 Å². The summed E-state index contributed by atoms with van der Waals surface area (Å²) in [6.45, 7) is 3.34. The first-order valence-electron chi connectivity index (χ1n) is 3.64. The molecular weight excluding hydrogens is 152 g/mol. The van der Waals surface area contributed by atoms with Crippen LogP contribution < -0.4 is 0 Å². The first-order valence-corrected chi connectivity index (χ1v) is 3.64. The Hall–Kier alpha value is -1.44. The van der Waals surface area contributed by atoms with Gasteiger partial charge >= 0.3 is 0 Å². The molecule has 0 N–H and O–H groups in total. The Morgan fingerprint density at radius 2 is 1.75 bits per heavy atom. The van der Waals surface area contributed by atoms with Crippen molar-refractivity contribution in [2.75, 3.05) is 0 Å². The smallest absolute Gasteiger partial charge is 0.152 e. The third kappa shape index (κ3) is 6.68. The quantitative estimate of drug-likeness (QED) is 0.361. The number of carbonyl (C=O) groups is 2. The summed E-state index contributed by atoms with van der Waals surface area (Å²) in [5.74, 6) is 0.0124. The Labute approximate surface area is 72.3 Å². The van der Waals surface area contributed by atoms with Crippen molar-refractivity contribution in [1.29, 1.82) is 0 Å². The summed E-state index contributed by atoms with van der Waals surface area (Å²) in [4.78, 5) is 20.4. The van der Waals surface area contributed by atoms with E-state index in [-0.39, 0.29) is 5.78 Å². The van der Waals surface area contributed by atoms with Crippen molar-refractivity contribution in [3.63, 3.8) is 0 Å². The third-order valence-corrected chi connectivity index (χ3v) is 1.13. The number of hydrogen-bond donors (Lipinski definition) is 0. The van der Waals surface area contributed by atoms with Crippen molar-refractivity contribution in [2.45, 2.75) is 13.8 Å². The Kier molecular flexibility index (Phi) is 5.53. The van der Waals surface area contributed by atoms with E-state index in [0.717, 1.165) is 5.57 Å². The van der Waals surface area contributed by atoms with Crippen LogP contribution in [0.3, 0.4) is 0 Å². The largest absolute Gasteiger partial charge is 0.299 e. The van der Waals surface area contributed by atoms with Crippen LogP contribution in [0.15, 0.2) is 36.0 Å². The topological polar surface area (TPSA) is 34.1 Å². The van der Waals surface area contributed by atoms with Crippen molar-refractivity contribution in [2.24, 2.45) is 0 Å². The normalized spacial score (nSPS) is 12.7. The van der Waals surface area contributed by atoms with E-state index in [1.54, 1.807) is 18.2 Å². The predicted octanol–water partition coefficient (Wildman–Crippen LogP) is 1.83. The molecule has 0 aliphatic heterocycles. The molecule has 0 radical (unpaired) electrons. The van der Waals surface area contributed by atoms with Crippen molar-refractivity contribution in [1.82, 2.24) is 0 Å². The van der Waals surface area contributed by atoms with Gasteiger partial charge in [0.05, 0.1) is 0 Å². The van der Waals surface area contributed by atoms with Crippen LogP contribution in [-0.2, 0) is 9.59 Å². The maximum Gasteiger partial charge on any atom is 0.152 e. The molecule has 0 aliphatic carbocycles. The van der Waals surface area contributed by atoms with Gasteiger partial charge in [-0.2, -0.15) is 0 Å². The molecule has 0 heterocycles. The predicted molar refractivity (Wildman–Crippen MR) is 48.8 cm³/mol. The second kappa shape index (κ2) is 6.28. The zero-order chi connectivity index (χ0) is 9.40. The van der Waals surface area contributed by atoms with Gasteiger partial charge < -0.3 is 0 Å². The van der Waals surface area contributed by atoms with E-state index in [4.69, 9.17) is 0 Å². The van der Waals surface area contributed by atoms with Crippen molar-refractivity contribution in [3.8, 4) is 0 Å². The van der Waals surface area contributed by atoms with Crippen LogP contribution >= 0.6 is 0 Å². The summed E-state index contributed by atoms with van der Waals surface area (Å²) in [5, 5.41) is 0. The van der Waals surface area contributed by atoms with E-state index < -0.39 is 0 Å². The van der Waals surface area contributed by atoms with E-state index in [2.05, 4.69) is 0 Å². The highest BCUT2D eigenvalue weighted by Gasteiger charge is 1.79. The van der Waals surface area contributed by atoms with E-state index in [1.165, 1.54) is 19.1 Å². The Bertz CT molecular complexity index is 245. The van der Waals surface area contributed by atoms with Gasteiger partial charge in [-0.05, 0) is 26.0 Å². The molecule has 0 saturated carbocycles. The fourth-order valence-electron chi connectivity index (χ4n) is 0.582. The SMILES string of the molecule is CC(=O)C=CC=C(C)C=CC=O. The molecule has 0 rings (SSSR count). The number of aldehydes is 1. The van der Waals surface area contributed by atoms with Gasteiger partial charge in [0.1, 0.15) is 6.29 Å². The number of hydrogen-bond acceptors (Lipinski definition) is 2. The van der Waals surface area contributed by atoms with Crippen LogP contribution in [0.1, 0.15) is 13.8 Å². The minimum atomic E-state index is 0.0124. The summed E-state index contributed by atoms with van der Waals surface area (Å²) < 4.78 is 0. The molecule has 64 valence electrons. The molecule has 2 nitrogen and oxygen atoms in total. The van der Waals surface area contributed by atoms with E-state index >= 15 is 0 Å². The molecule has 0 spiro atoms. The molecule has 0 amide bonds. The number of ketones is 1. The maximum absolute atomic E-state index is 10.4. The highest BCUT2D eigenvalue weighted by atomic mass is 16.1. The van der Waals surface area contributed by atoms with Gasteiger partial charge in [0.25, 0.3) is 0 Å². The van der Waals surface area contributed by atoms with Crippen LogP contribution in [0.25, 0.3) is 0 Å². The lowest BCUT2D eigenvalue weighted by Gasteiger charge is -1.84. The molecule has 0 saturated heterocycles. The minimum absolute atomic E-state index is 0.0124. The van der Waals surface area contributed by atoms with Gasteiger partial charge in [0.15, 0.2) is 5.78 Å². The van der Waals surface area contributed by atoms with Crippen molar-refractivity contribution in [3.05, 3.63) is 36.0 Å². The molecule has 0 aliphatic rings. The van der Waals surface area contributed by atoms with Gasteiger partial charge in [-0.3, -0.25) is 9.59 Å². The minimum Gasteiger partial charge on any atom is -0.299 e. The molecule has 0 aromatic rings. The molecule has 0 bridgehead atoms. The average molecular weight is 164 g/mol. The average Bonchev–Trinajstić information content (AvgIpc) is 2.00. The molecular formula is C10H12O2. The first kappa shape index (κ1) is 10.6. The molecule has 0 fully saturated rings. The standard InChI is InChI=1S/C10H12O2/c1-9(6-4-8-11)5-3-7-10(2)12/h3-8H,1-2H3. The molecule has 0 aromatic heterocycles. The number of rotatable bonds is 4. The molecule has 2 heteroatoms. The highest BCUT2D eigenvalue weighted by Crippen LogP contribution is 1.94. The fourth-order valence-corrected chi connectivity index (χ4v) is 0.582. The van der Waals surface area contributed by atoms with Crippen molar-refractivity contribution < 1.29 is 9.59 Å². The van der Waals surface area contributed by atoms with Crippen molar-refractivity contribution >= 4 is 12.1 Å². The molecule has 0 aromatic carbocycles. The third-order valence-electron chi connectivity index (χ3n) is 1.13.